The number of nitrogens with one attached hydrogen (secondary N) is 2. The number of hydrogen-bond donors (Lipinski definition) is 2. The van der Waals surface area contributed by atoms with E-state index in [0.29, 0.717) is 18.7 Å². The molecule has 13 heavy (non-hydrogen) atoms. The molecule has 0 aromatic heterocycles. The topological polar surface area (TPSA) is 58.2 Å². The number of carbonyl (C=O) groups is 2. The van der Waals surface area contributed by atoms with Crippen molar-refractivity contribution >= 4 is 12.3 Å². The van der Waals surface area contributed by atoms with E-state index in [9.17, 15) is 9.59 Å². The van der Waals surface area contributed by atoms with Crippen molar-refractivity contribution in [3.63, 3.8) is 0 Å². The quantitative estimate of drug-likeness (QED) is 0.500. The minimum absolute atomic E-state index is 0.0843. The molecule has 0 aromatic rings. The average Bonchev–Trinajstić information content (AvgIpc) is 2.16. The molecular weight excluding hydrogens is 168 g/mol. The zero-order chi connectivity index (χ0) is 9.52. The maximum Gasteiger partial charge on any atom is 0.238 e. The van der Waals surface area contributed by atoms with Crippen molar-refractivity contribution in [1.29, 1.82) is 0 Å². The maximum absolute atomic E-state index is 11.1. The summed E-state index contributed by atoms with van der Waals surface area (Å²) in [5, 5.41) is 0. The first-order chi connectivity index (χ1) is 6.33. The van der Waals surface area contributed by atoms with E-state index in [1.54, 1.807) is 0 Å². The molecule has 0 radical (unpaired) electrons. The second kappa shape index (κ2) is 5.56. The summed E-state index contributed by atoms with van der Waals surface area (Å²) in [5.41, 5.74) is 4.48. The minimum atomic E-state index is -0.0843. The number of hydrazine groups is 1. The Balaban J connectivity index is 2.14. The van der Waals surface area contributed by atoms with Crippen LogP contribution in [0.1, 0.15) is 38.5 Å². The Morgan fingerprint density at radius 3 is 2.62 bits per heavy atom. The normalized spacial score (nSPS) is 17.8. The van der Waals surface area contributed by atoms with Gasteiger partial charge in [-0.05, 0) is 18.8 Å². The van der Waals surface area contributed by atoms with Crippen LogP contribution in [0, 0.1) is 5.92 Å². The molecule has 1 saturated carbocycles. The summed E-state index contributed by atoms with van der Waals surface area (Å²) >= 11 is 0. The third-order valence-electron chi connectivity index (χ3n) is 2.47. The van der Waals surface area contributed by atoms with E-state index in [-0.39, 0.29) is 5.91 Å². The molecule has 0 atom stereocenters. The molecule has 2 N–H and O–H groups in total. The molecule has 1 fully saturated rings. The van der Waals surface area contributed by atoms with Gasteiger partial charge < -0.3 is 0 Å². The Hall–Kier alpha value is -1.06. The molecule has 1 aliphatic carbocycles. The minimum Gasteiger partial charge on any atom is -0.277 e. The van der Waals surface area contributed by atoms with Crippen molar-refractivity contribution in [1.82, 2.24) is 10.9 Å². The van der Waals surface area contributed by atoms with Crippen LogP contribution in [0.5, 0.6) is 0 Å². The average molecular weight is 184 g/mol. The van der Waals surface area contributed by atoms with Crippen LogP contribution in [-0.4, -0.2) is 12.3 Å². The van der Waals surface area contributed by atoms with Crippen LogP contribution in [0.25, 0.3) is 0 Å². The van der Waals surface area contributed by atoms with Gasteiger partial charge in [-0.2, -0.15) is 0 Å². The van der Waals surface area contributed by atoms with Gasteiger partial charge in [0.25, 0.3) is 0 Å². The first-order valence-electron chi connectivity index (χ1n) is 4.81. The predicted octanol–water partition coefficient (Wildman–Crippen LogP) is 0.734. The van der Waals surface area contributed by atoms with Crippen LogP contribution in [0.2, 0.25) is 0 Å². The van der Waals surface area contributed by atoms with Crippen molar-refractivity contribution in [3.8, 4) is 0 Å². The highest BCUT2D eigenvalue weighted by molar-refractivity contribution is 5.76. The molecule has 2 amide bonds. The van der Waals surface area contributed by atoms with Crippen LogP contribution < -0.4 is 10.9 Å². The van der Waals surface area contributed by atoms with E-state index in [2.05, 4.69) is 10.9 Å². The molecule has 0 aliphatic heterocycles. The second-order valence-electron chi connectivity index (χ2n) is 3.52. The Bertz CT molecular complexity index is 176. The molecule has 0 spiro atoms. The van der Waals surface area contributed by atoms with Crippen molar-refractivity contribution in [2.45, 2.75) is 38.5 Å². The molecular formula is C9H16N2O2. The van der Waals surface area contributed by atoms with Gasteiger partial charge in [-0.25, -0.2) is 0 Å². The van der Waals surface area contributed by atoms with E-state index < -0.39 is 0 Å². The van der Waals surface area contributed by atoms with Gasteiger partial charge in [0.1, 0.15) is 0 Å². The van der Waals surface area contributed by atoms with Crippen LogP contribution in [0.4, 0.5) is 0 Å². The fourth-order valence-electron chi connectivity index (χ4n) is 1.81. The van der Waals surface area contributed by atoms with Crippen LogP contribution in [-0.2, 0) is 9.59 Å². The number of rotatable bonds is 4. The van der Waals surface area contributed by atoms with Crippen molar-refractivity contribution in [2.24, 2.45) is 5.92 Å². The summed E-state index contributed by atoms with van der Waals surface area (Å²) in [6.07, 6.45) is 7.07. The lowest BCUT2D eigenvalue weighted by Gasteiger charge is -2.20. The van der Waals surface area contributed by atoms with Gasteiger partial charge in [0.15, 0.2) is 0 Å². The van der Waals surface area contributed by atoms with E-state index in [4.69, 9.17) is 0 Å². The van der Waals surface area contributed by atoms with Crippen LogP contribution in [0.15, 0.2) is 0 Å². The summed E-state index contributed by atoms with van der Waals surface area (Å²) < 4.78 is 0. The zero-order valence-corrected chi connectivity index (χ0v) is 7.71. The van der Waals surface area contributed by atoms with Gasteiger partial charge in [0, 0.05) is 6.42 Å². The molecule has 74 valence electrons. The molecule has 0 aromatic carbocycles. The summed E-state index contributed by atoms with van der Waals surface area (Å²) in [7, 11) is 0. The monoisotopic (exact) mass is 184 g/mol. The SMILES string of the molecule is O=CNNC(=O)CC1CCCCC1. The molecule has 4 heteroatoms. The number of amides is 2. The summed E-state index contributed by atoms with van der Waals surface area (Å²) in [6, 6.07) is 0. The van der Waals surface area contributed by atoms with Gasteiger partial charge in [0.2, 0.25) is 12.3 Å². The van der Waals surface area contributed by atoms with Gasteiger partial charge in [-0.3, -0.25) is 20.4 Å². The Morgan fingerprint density at radius 1 is 1.31 bits per heavy atom. The highest BCUT2D eigenvalue weighted by Gasteiger charge is 2.16. The Morgan fingerprint density at radius 2 is 2.00 bits per heavy atom. The molecule has 1 aliphatic rings. The fraction of sp³-hybridized carbons (Fsp3) is 0.778. The number of hydrogen-bond acceptors (Lipinski definition) is 2. The lowest BCUT2D eigenvalue weighted by molar-refractivity contribution is -0.125. The van der Waals surface area contributed by atoms with Gasteiger partial charge in [-0.15, -0.1) is 0 Å². The first kappa shape index (κ1) is 10.0. The van der Waals surface area contributed by atoms with E-state index in [0.717, 1.165) is 12.8 Å². The molecule has 0 saturated heterocycles. The largest absolute Gasteiger partial charge is 0.277 e. The summed E-state index contributed by atoms with van der Waals surface area (Å²) in [4.78, 5) is 21.0. The van der Waals surface area contributed by atoms with E-state index in [1.165, 1.54) is 19.3 Å². The third kappa shape index (κ3) is 3.92. The lowest BCUT2D eigenvalue weighted by atomic mass is 9.87. The second-order valence-corrected chi connectivity index (χ2v) is 3.52. The highest BCUT2D eigenvalue weighted by Crippen LogP contribution is 2.25. The molecule has 4 nitrogen and oxygen atoms in total. The van der Waals surface area contributed by atoms with E-state index >= 15 is 0 Å². The summed E-state index contributed by atoms with van der Waals surface area (Å²) in [6.45, 7) is 0. The van der Waals surface area contributed by atoms with Crippen molar-refractivity contribution < 1.29 is 9.59 Å². The van der Waals surface area contributed by atoms with E-state index in [1.807, 2.05) is 0 Å². The van der Waals surface area contributed by atoms with Crippen LogP contribution >= 0.6 is 0 Å². The highest BCUT2D eigenvalue weighted by atomic mass is 16.2. The number of carbonyl (C=O) groups excluding carboxylic acids is 2. The van der Waals surface area contributed by atoms with Crippen molar-refractivity contribution in [2.75, 3.05) is 0 Å². The lowest BCUT2D eigenvalue weighted by Crippen LogP contribution is -2.37. The first-order valence-corrected chi connectivity index (χ1v) is 4.81. The maximum atomic E-state index is 11.1. The Labute approximate surface area is 78.0 Å². The van der Waals surface area contributed by atoms with Crippen LogP contribution in [0.3, 0.4) is 0 Å². The van der Waals surface area contributed by atoms with Crippen molar-refractivity contribution in [3.05, 3.63) is 0 Å². The fourth-order valence-corrected chi connectivity index (χ4v) is 1.81. The zero-order valence-electron chi connectivity index (χ0n) is 7.71. The molecule has 0 bridgehead atoms. The standard InChI is InChI=1S/C9H16N2O2/c12-7-10-11-9(13)6-8-4-2-1-3-5-8/h7-8H,1-6H2,(H,10,12)(H,11,13). The summed E-state index contributed by atoms with van der Waals surface area (Å²) in [5.74, 6) is 0.432. The molecule has 1 rings (SSSR count). The smallest absolute Gasteiger partial charge is 0.238 e. The molecule has 0 unspecified atom stereocenters. The van der Waals surface area contributed by atoms with Gasteiger partial charge in [0.05, 0.1) is 0 Å². The third-order valence-corrected chi connectivity index (χ3v) is 2.47. The predicted molar refractivity (Wildman–Crippen MR) is 48.5 cm³/mol. The van der Waals surface area contributed by atoms with Gasteiger partial charge in [-0.1, -0.05) is 19.3 Å². The molecule has 0 heterocycles. The van der Waals surface area contributed by atoms with Gasteiger partial charge >= 0.3 is 0 Å². The Kier molecular flexibility index (Phi) is 4.29.